The van der Waals surface area contributed by atoms with Gasteiger partial charge in [-0.25, -0.2) is 4.79 Å². The van der Waals surface area contributed by atoms with Gasteiger partial charge in [0.15, 0.2) is 0 Å². The molecule has 0 amide bonds. The van der Waals surface area contributed by atoms with Gasteiger partial charge in [-0.15, -0.1) is 0 Å². The fourth-order valence-corrected chi connectivity index (χ4v) is 3.85. The highest BCUT2D eigenvalue weighted by Crippen LogP contribution is 2.27. The highest BCUT2D eigenvalue weighted by Gasteiger charge is 2.12. The maximum atomic E-state index is 11.1. The number of rotatable bonds is 17. The molecular weight excluding hydrogens is 348 g/mol. The second-order valence-electron chi connectivity index (χ2n) is 8.00. The predicted molar refractivity (Wildman–Crippen MR) is 118 cm³/mol. The Bertz CT molecular complexity index is 525. The van der Waals surface area contributed by atoms with Crippen molar-refractivity contribution in [2.24, 2.45) is 0 Å². The quantitative estimate of drug-likeness (QED) is 0.165. The summed E-state index contributed by atoms with van der Waals surface area (Å²) in [6, 6.07) is 5.89. The van der Waals surface area contributed by atoms with Crippen LogP contribution < -0.4 is 4.74 Å². The Kier molecular flexibility index (Phi) is 14.4. The first-order valence-electron chi connectivity index (χ1n) is 11.7. The lowest BCUT2D eigenvalue weighted by atomic mass is 9.95. The number of carboxylic acid groups (broad SMARTS) is 1. The molecule has 1 aromatic carbocycles. The van der Waals surface area contributed by atoms with Crippen LogP contribution in [-0.2, 0) is 12.8 Å². The zero-order chi connectivity index (χ0) is 20.5. The van der Waals surface area contributed by atoms with Crippen LogP contribution in [0.25, 0.3) is 0 Å². The van der Waals surface area contributed by atoms with Crippen molar-refractivity contribution in [3.8, 4) is 5.75 Å². The monoisotopic (exact) mass is 390 g/mol. The second kappa shape index (κ2) is 16.4. The average molecular weight is 391 g/mol. The molecule has 1 N–H and O–H groups in total. The predicted octanol–water partition coefficient (Wildman–Crippen LogP) is 8.33. The summed E-state index contributed by atoms with van der Waals surface area (Å²) >= 11 is 0. The lowest BCUT2D eigenvalue weighted by molar-refractivity contribution is 0.144. The molecule has 3 nitrogen and oxygen atoms in total. The van der Waals surface area contributed by atoms with E-state index >= 15 is 0 Å². The SMILES string of the molecule is CCCCCCCCCc1cccc(OC(=O)O)c1CCCCCCCCC. The summed E-state index contributed by atoms with van der Waals surface area (Å²) in [4.78, 5) is 11.1. The van der Waals surface area contributed by atoms with E-state index in [0.717, 1.165) is 24.8 Å². The largest absolute Gasteiger partial charge is 0.511 e. The number of hydrogen-bond donors (Lipinski definition) is 1. The molecule has 0 aromatic heterocycles. The van der Waals surface area contributed by atoms with Crippen LogP contribution in [0.4, 0.5) is 4.79 Å². The van der Waals surface area contributed by atoms with Gasteiger partial charge in [0.2, 0.25) is 0 Å². The normalized spacial score (nSPS) is 10.9. The lowest BCUT2D eigenvalue weighted by Crippen LogP contribution is -2.07. The Balaban J connectivity index is 2.51. The van der Waals surface area contributed by atoms with Gasteiger partial charge in [-0.1, -0.05) is 103 Å². The minimum atomic E-state index is -1.21. The number of ether oxygens (including phenoxy) is 1. The average Bonchev–Trinajstić information content (AvgIpc) is 2.67. The lowest BCUT2D eigenvalue weighted by Gasteiger charge is -2.14. The van der Waals surface area contributed by atoms with E-state index in [2.05, 4.69) is 19.9 Å². The Labute approximate surface area is 172 Å². The summed E-state index contributed by atoms with van der Waals surface area (Å²) in [7, 11) is 0. The zero-order valence-electron chi connectivity index (χ0n) is 18.3. The molecule has 1 rings (SSSR count). The Morgan fingerprint density at radius 1 is 0.750 bits per heavy atom. The van der Waals surface area contributed by atoms with Crippen molar-refractivity contribution in [2.75, 3.05) is 0 Å². The Hall–Kier alpha value is -1.51. The number of unbranched alkanes of at least 4 members (excludes halogenated alkanes) is 12. The van der Waals surface area contributed by atoms with Crippen molar-refractivity contribution in [3.63, 3.8) is 0 Å². The summed E-state index contributed by atoms with van der Waals surface area (Å²) in [5.74, 6) is 0.541. The van der Waals surface area contributed by atoms with Gasteiger partial charge in [0, 0.05) is 0 Å². The molecule has 3 heteroatoms. The van der Waals surface area contributed by atoms with Gasteiger partial charge in [0.05, 0.1) is 0 Å². The maximum Gasteiger partial charge on any atom is 0.511 e. The first kappa shape index (κ1) is 24.5. The minimum Gasteiger partial charge on any atom is -0.449 e. The smallest absolute Gasteiger partial charge is 0.449 e. The van der Waals surface area contributed by atoms with Gasteiger partial charge in [-0.3, -0.25) is 0 Å². The van der Waals surface area contributed by atoms with Crippen molar-refractivity contribution < 1.29 is 14.6 Å². The van der Waals surface area contributed by atoms with Crippen LogP contribution in [0.5, 0.6) is 5.75 Å². The van der Waals surface area contributed by atoms with Crippen LogP contribution in [-0.4, -0.2) is 11.3 Å². The summed E-state index contributed by atoms with van der Waals surface area (Å²) in [6.07, 6.45) is 18.6. The third-order valence-corrected chi connectivity index (χ3v) is 5.51. The molecule has 0 radical (unpaired) electrons. The van der Waals surface area contributed by atoms with E-state index < -0.39 is 6.16 Å². The first-order chi connectivity index (χ1) is 13.7. The van der Waals surface area contributed by atoms with Gasteiger partial charge in [0.25, 0.3) is 0 Å². The van der Waals surface area contributed by atoms with Crippen molar-refractivity contribution >= 4 is 6.16 Å². The van der Waals surface area contributed by atoms with Crippen LogP contribution >= 0.6 is 0 Å². The molecule has 0 saturated heterocycles. The fourth-order valence-electron chi connectivity index (χ4n) is 3.85. The molecular formula is C25H42O3. The van der Waals surface area contributed by atoms with E-state index in [1.807, 2.05) is 6.07 Å². The number of hydrogen-bond acceptors (Lipinski definition) is 2. The molecule has 1 aromatic rings. The molecule has 0 spiro atoms. The third kappa shape index (κ3) is 11.4. The van der Waals surface area contributed by atoms with Gasteiger partial charge < -0.3 is 9.84 Å². The summed E-state index contributed by atoms with van der Waals surface area (Å²) in [6.45, 7) is 4.49. The van der Waals surface area contributed by atoms with E-state index in [1.165, 1.54) is 89.0 Å². The molecule has 160 valence electrons. The zero-order valence-corrected chi connectivity index (χ0v) is 18.3. The molecule has 0 aliphatic heterocycles. The molecule has 0 fully saturated rings. The topological polar surface area (TPSA) is 46.5 Å². The van der Waals surface area contributed by atoms with Gasteiger partial charge in [-0.2, -0.15) is 0 Å². The number of benzene rings is 1. The summed E-state index contributed by atoms with van der Waals surface area (Å²) in [5, 5.41) is 9.07. The van der Waals surface area contributed by atoms with Crippen molar-refractivity contribution in [3.05, 3.63) is 29.3 Å². The Morgan fingerprint density at radius 2 is 1.25 bits per heavy atom. The summed E-state index contributed by atoms with van der Waals surface area (Å²) in [5.41, 5.74) is 2.39. The highest BCUT2D eigenvalue weighted by atomic mass is 16.7. The standard InChI is InChI=1S/C25H42O3/c1-3-5-7-9-11-13-15-18-22-19-17-21-24(28-25(26)27)23(22)20-16-14-12-10-8-6-4-2/h17,19,21H,3-16,18,20H2,1-2H3,(H,26,27). The fraction of sp³-hybridized carbons (Fsp3) is 0.720. The number of carbonyl (C=O) groups is 1. The molecule has 0 atom stereocenters. The van der Waals surface area contributed by atoms with Gasteiger partial charge in [-0.05, 0) is 42.9 Å². The molecule has 0 bridgehead atoms. The molecule has 28 heavy (non-hydrogen) atoms. The molecule has 0 aliphatic rings. The van der Waals surface area contributed by atoms with E-state index in [9.17, 15) is 4.79 Å². The van der Waals surface area contributed by atoms with E-state index in [0.29, 0.717) is 5.75 Å². The number of aryl methyl sites for hydroxylation is 1. The molecule has 0 saturated carbocycles. The van der Waals surface area contributed by atoms with Crippen LogP contribution in [0.1, 0.15) is 115 Å². The van der Waals surface area contributed by atoms with E-state index in [1.54, 1.807) is 6.07 Å². The van der Waals surface area contributed by atoms with E-state index in [-0.39, 0.29) is 0 Å². The third-order valence-electron chi connectivity index (χ3n) is 5.51. The minimum absolute atomic E-state index is 0.541. The Morgan fingerprint density at radius 3 is 1.79 bits per heavy atom. The molecule has 0 unspecified atom stereocenters. The van der Waals surface area contributed by atoms with Gasteiger partial charge in [0.1, 0.15) is 5.75 Å². The molecule has 0 heterocycles. The van der Waals surface area contributed by atoms with Crippen molar-refractivity contribution in [1.29, 1.82) is 0 Å². The maximum absolute atomic E-state index is 11.1. The first-order valence-corrected chi connectivity index (χ1v) is 11.7. The van der Waals surface area contributed by atoms with Crippen LogP contribution in [0.3, 0.4) is 0 Å². The van der Waals surface area contributed by atoms with Crippen molar-refractivity contribution in [2.45, 2.75) is 117 Å². The van der Waals surface area contributed by atoms with Gasteiger partial charge >= 0.3 is 6.16 Å². The van der Waals surface area contributed by atoms with Crippen molar-refractivity contribution in [1.82, 2.24) is 0 Å². The second-order valence-corrected chi connectivity index (χ2v) is 8.00. The highest BCUT2D eigenvalue weighted by molar-refractivity contribution is 5.62. The van der Waals surface area contributed by atoms with Crippen LogP contribution in [0, 0.1) is 0 Å². The van der Waals surface area contributed by atoms with Crippen LogP contribution in [0.2, 0.25) is 0 Å². The summed E-state index contributed by atoms with van der Waals surface area (Å²) < 4.78 is 5.08. The van der Waals surface area contributed by atoms with E-state index in [4.69, 9.17) is 9.84 Å². The van der Waals surface area contributed by atoms with Crippen LogP contribution in [0.15, 0.2) is 18.2 Å². The molecule has 0 aliphatic carbocycles.